The number of amides is 2. The Kier molecular flexibility index (Phi) is 6.11. The Morgan fingerprint density at radius 1 is 1.17 bits per heavy atom. The average Bonchev–Trinajstić information content (AvgIpc) is 2.56. The Bertz CT molecular complexity index is 677. The highest BCUT2D eigenvalue weighted by molar-refractivity contribution is 6.33. The molecule has 0 saturated carbocycles. The van der Waals surface area contributed by atoms with Gasteiger partial charge in [-0.3, -0.25) is 14.6 Å². The predicted octanol–water partition coefficient (Wildman–Crippen LogP) is 2.73. The fourth-order valence-corrected chi connectivity index (χ4v) is 2.30. The molecule has 0 saturated heterocycles. The number of nitrogens with one attached hydrogen (secondary N) is 2. The maximum absolute atomic E-state index is 12.0. The minimum absolute atomic E-state index is 0.107. The van der Waals surface area contributed by atoms with Crippen molar-refractivity contribution >= 4 is 23.4 Å². The van der Waals surface area contributed by atoms with Gasteiger partial charge in [0.25, 0.3) is 5.91 Å². The summed E-state index contributed by atoms with van der Waals surface area (Å²) in [7, 11) is 0. The van der Waals surface area contributed by atoms with E-state index in [-0.39, 0.29) is 30.8 Å². The van der Waals surface area contributed by atoms with Gasteiger partial charge in [-0.25, -0.2) is 0 Å². The van der Waals surface area contributed by atoms with E-state index in [9.17, 15) is 9.59 Å². The lowest BCUT2D eigenvalue weighted by atomic mass is 10.1. The van der Waals surface area contributed by atoms with Crippen LogP contribution >= 0.6 is 11.6 Å². The second-order valence-electron chi connectivity index (χ2n) is 5.06. The fourth-order valence-electron chi connectivity index (χ4n) is 2.08. The van der Waals surface area contributed by atoms with Crippen LogP contribution in [0.25, 0.3) is 0 Å². The Labute approximate surface area is 140 Å². The minimum Gasteiger partial charge on any atom is -0.351 e. The molecule has 0 aliphatic rings. The van der Waals surface area contributed by atoms with Gasteiger partial charge in [-0.2, -0.15) is 0 Å². The first-order chi connectivity index (χ1) is 11.1. The maximum Gasteiger partial charge on any atom is 0.252 e. The first-order valence-corrected chi connectivity index (χ1v) is 7.67. The number of hydrogen-bond acceptors (Lipinski definition) is 3. The molecule has 1 unspecified atom stereocenters. The molecular formula is C17H18ClN3O2. The quantitative estimate of drug-likeness (QED) is 0.855. The second kappa shape index (κ2) is 8.29. The average molecular weight is 332 g/mol. The van der Waals surface area contributed by atoms with Gasteiger partial charge in [0, 0.05) is 25.4 Å². The van der Waals surface area contributed by atoms with Crippen LogP contribution in [0.3, 0.4) is 0 Å². The number of carbonyl (C=O) groups is 2. The molecule has 0 aliphatic carbocycles. The van der Waals surface area contributed by atoms with Crippen LogP contribution < -0.4 is 10.6 Å². The first kappa shape index (κ1) is 17.0. The van der Waals surface area contributed by atoms with Crippen molar-refractivity contribution < 1.29 is 9.59 Å². The summed E-state index contributed by atoms with van der Waals surface area (Å²) in [6, 6.07) is 10.4. The zero-order valence-corrected chi connectivity index (χ0v) is 13.5. The third-order valence-electron chi connectivity index (χ3n) is 3.34. The lowest BCUT2D eigenvalue weighted by Crippen LogP contribution is -2.32. The molecule has 1 aromatic heterocycles. The molecule has 0 bridgehead atoms. The highest BCUT2D eigenvalue weighted by Crippen LogP contribution is 2.14. The summed E-state index contributed by atoms with van der Waals surface area (Å²) < 4.78 is 0. The van der Waals surface area contributed by atoms with E-state index < -0.39 is 0 Å². The van der Waals surface area contributed by atoms with Crippen LogP contribution in [0.15, 0.2) is 48.8 Å². The van der Waals surface area contributed by atoms with Crippen LogP contribution in [0.2, 0.25) is 5.02 Å². The summed E-state index contributed by atoms with van der Waals surface area (Å²) >= 11 is 5.95. The van der Waals surface area contributed by atoms with Crippen LogP contribution in [-0.4, -0.2) is 23.3 Å². The zero-order valence-electron chi connectivity index (χ0n) is 12.8. The minimum atomic E-state index is -0.286. The summed E-state index contributed by atoms with van der Waals surface area (Å²) in [5.41, 5.74) is 1.38. The number of carbonyl (C=O) groups excluding carboxylic acids is 2. The molecule has 1 aromatic carbocycles. The molecule has 23 heavy (non-hydrogen) atoms. The molecule has 5 nitrogen and oxygen atoms in total. The first-order valence-electron chi connectivity index (χ1n) is 7.30. The molecule has 0 radical (unpaired) electrons. The lowest BCUT2D eigenvalue weighted by molar-refractivity contribution is -0.121. The number of pyridine rings is 1. The van der Waals surface area contributed by atoms with Gasteiger partial charge in [0.05, 0.1) is 16.6 Å². The summed E-state index contributed by atoms with van der Waals surface area (Å²) in [4.78, 5) is 27.8. The summed E-state index contributed by atoms with van der Waals surface area (Å²) in [6.07, 6.45) is 3.56. The fraction of sp³-hybridized carbons (Fsp3) is 0.235. The van der Waals surface area contributed by atoms with E-state index in [0.717, 1.165) is 5.56 Å². The monoisotopic (exact) mass is 331 g/mol. The van der Waals surface area contributed by atoms with Crippen molar-refractivity contribution in [3.05, 3.63) is 64.9 Å². The van der Waals surface area contributed by atoms with Gasteiger partial charge in [0.1, 0.15) is 0 Å². The predicted molar refractivity (Wildman–Crippen MR) is 89.2 cm³/mol. The summed E-state index contributed by atoms with van der Waals surface area (Å²) in [5, 5.41) is 5.96. The van der Waals surface area contributed by atoms with Crippen LogP contribution in [0, 0.1) is 0 Å². The molecule has 2 N–H and O–H groups in total. The molecule has 2 amide bonds. The van der Waals surface area contributed by atoms with E-state index in [2.05, 4.69) is 15.6 Å². The number of hydrogen-bond donors (Lipinski definition) is 2. The van der Waals surface area contributed by atoms with Crippen LogP contribution in [0.4, 0.5) is 0 Å². The van der Waals surface area contributed by atoms with E-state index >= 15 is 0 Å². The largest absolute Gasteiger partial charge is 0.351 e. The van der Waals surface area contributed by atoms with E-state index in [0.29, 0.717) is 10.6 Å². The van der Waals surface area contributed by atoms with Crippen molar-refractivity contribution in [1.82, 2.24) is 15.6 Å². The second-order valence-corrected chi connectivity index (χ2v) is 5.46. The lowest BCUT2D eigenvalue weighted by Gasteiger charge is -2.14. The van der Waals surface area contributed by atoms with E-state index in [1.807, 2.05) is 19.1 Å². The van der Waals surface area contributed by atoms with Gasteiger partial charge in [-0.15, -0.1) is 0 Å². The van der Waals surface area contributed by atoms with E-state index in [1.54, 1.807) is 36.7 Å². The molecule has 1 atom stereocenters. The van der Waals surface area contributed by atoms with E-state index in [1.165, 1.54) is 0 Å². The van der Waals surface area contributed by atoms with Crippen LogP contribution in [0.5, 0.6) is 0 Å². The van der Waals surface area contributed by atoms with Gasteiger partial charge >= 0.3 is 0 Å². The molecule has 0 spiro atoms. The number of rotatable bonds is 6. The van der Waals surface area contributed by atoms with Gasteiger partial charge in [0.15, 0.2) is 0 Å². The molecule has 0 aliphatic heterocycles. The van der Waals surface area contributed by atoms with E-state index in [4.69, 9.17) is 11.6 Å². The molecule has 6 heteroatoms. The Balaban J connectivity index is 1.77. The Morgan fingerprint density at radius 2 is 1.87 bits per heavy atom. The number of nitrogens with zero attached hydrogens (tertiary/aromatic N) is 1. The van der Waals surface area contributed by atoms with Crippen molar-refractivity contribution in [3.8, 4) is 0 Å². The SMILES string of the molecule is CC(NC(=O)CCNC(=O)c1ccccc1Cl)c1ccncc1. The number of benzene rings is 1. The maximum atomic E-state index is 12.0. The van der Waals surface area contributed by atoms with Crippen molar-refractivity contribution in [3.63, 3.8) is 0 Å². The number of halogens is 1. The third-order valence-corrected chi connectivity index (χ3v) is 3.67. The standard InChI is InChI=1S/C17H18ClN3O2/c1-12(13-6-9-19-10-7-13)21-16(22)8-11-20-17(23)14-4-2-3-5-15(14)18/h2-7,9-10,12H,8,11H2,1H3,(H,20,23)(H,21,22). The highest BCUT2D eigenvalue weighted by atomic mass is 35.5. The molecule has 1 heterocycles. The summed E-state index contributed by atoms with van der Waals surface area (Å²) in [5.74, 6) is -0.417. The molecular weight excluding hydrogens is 314 g/mol. The Hall–Kier alpha value is -2.40. The van der Waals surface area contributed by atoms with Gasteiger partial charge < -0.3 is 10.6 Å². The van der Waals surface area contributed by atoms with Gasteiger partial charge in [0.2, 0.25) is 5.91 Å². The molecule has 2 rings (SSSR count). The normalized spacial score (nSPS) is 11.6. The van der Waals surface area contributed by atoms with Crippen molar-refractivity contribution in [2.24, 2.45) is 0 Å². The van der Waals surface area contributed by atoms with Crippen molar-refractivity contribution in [2.45, 2.75) is 19.4 Å². The zero-order chi connectivity index (χ0) is 16.7. The van der Waals surface area contributed by atoms with Crippen molar-refractivity contribution in [2.75, 3.05) is 6.54 Å². The third kappa shape index (κ3) is 5.07. The molecule has 2 aromatic rings. The molecule has 0 fully saturated rings. The topological polar surface area (TPSA) is 71.1 Å². The van der Waals surface area contributed by atoms with Gasteiger partial charge in [-0.1, -0.05) is 23.7 Å². The van der Waals surface area contributed by atoms with Crippen molar-refractivity contribution in [1.29, 1.82) is 0 Å². The number of aromatic nitrogens is 1. The van der Waals surface area contributed by atoms with Crippen LogP contribution in [-0.2, 0) is 4.79 Å². The van der Waals surface area contributed by atoms with Gasteiger partial charge in [-0.05, 0) is 36.8 Å². The molecule has 120 valence electrons. The summed E-state index contributed by atoms with van der Waals surface area (Å²) in [6.45, 7) is 2.15. The Morgan fingerprint density at radius 3 is 2.57 bits per heavy atom. The highest BCUT2D eigenvalue weighted by Gasteiger charge is 2.11. The van der Waals surface area contributed by atoms with Crippen LogP contribution in [0.1, 0.15) is 35.3 Å². The smallest absolute Gasteiger partial charge is 0.252 e.